The summed E-state index contributed by atoms with van der Waals surface area (Å²) >= 11 is 0. The molecule has 0 bridgehead atoms. The van der Waals surface area contributed by atoms with Gasteiger partial charge in [0.1, 0.15) is 34.7 Å². The number of fused-ring (bicyclic) bond motifs is 1. The lowest BCUT2D eigenvalue weighted by molar-refractivity contribution is 0.0165. The SMILES string of the molecule is CC(C)(C)OC(=O)N1CCC(COc2cc3nccc(Oc4cccc(F)c4N)c3cc2C#N)CC1. The third kappa shape index (κ3) is 5.77. The molecule has 4 rings (SSSR count). The lowest BCUT2D eigenvalue weighted by Crippen LogP contribution is -2.42. The van der Waals surface area contributed by atoms with Crippen molar-refractivity contribution in [3.63, 3.8) is 0 Å². The Morgan fingerprint density at radius 3 is 2.64 bits per heavy atom. The third-order valence-electron chi connectivity index (χ3n) is 5.90. The van der Waals surface area contributed by atoms with Gasteiger partial charge in [0.25, 0.3) is 0 Å². The molecule has 0 atom stereocenters. The van der Waals surface area contributed by atoms with E-state index in [2.05, 4.69) is 11.1 Å². The number of nitriles is 1. The van der Waals surface area contributed by atoms with Crippen molar-refractivity contribution >= 4 is 22.7 Å². The van der Waals surface area contributed by atoms with E-state index < -0.39 is 11.4 Å². The Balaban J connectivity index is 1.45. The number of carbonyl (C=O) groups excluding carboxylic acids is 1. The zero-order chi connectivity index (χ0) is 25.9. The van der Waals surface area contributed by atoms with Crippen LogP contribution in [0.3, 0.4) is 0 Å². The van der Waals surface area contributed by atoms with E-state index in [9.17, 15) is 14.4 Å². The number of halogens is 1. The van der Waals surface area contributed by atoms with Gasteiger partial charge in [-0.25, -0.2) is 9.18 Å². The predicted molar refractivity (Wildman–Crippen MR) is 133 cm³/mol. The number of amides is 1. The second-order valence-electron chi connectivity index (χ2n) is 9.76. The Bertz CT molecular complexity index is 1310. The Morgan fingerprint density at radius 2 is 1.94 bits per heavy atom. The fourth-order valence-corrected chi connectivity index (χ4v) is 3.99. The molecule has 1 aromatic heterocycles. The van der Waals surface area contributed by atoms with Gasteiger partial charge in [0.15, 0.2) is 5.75 Å². The summed E-state index contributed by atoms with van der Waals surface area (Å²) in [5.74, 6) is 0.670. The normalized spacial score (nSPS) is 14.4. The van der Waals surface area contributed by atoms with Crippen LogP contribution in [0.15, 0.2) is 42.6 Å². The Labute approximate surface area is 209 Å². The van der Waals surface area contributed by atoms with E-state index in [1.54, 1.807) is 35.4 Å². The molecule has 1 amide bonds. The van der Waals surface area contributed by atoms with E-state index in [0.29, 0.717) is 47.7 Å². The van der Waals surface area contributed by atoms with Gasteiger partial charge in [-0.05, 0) is 63.8 Å². The van der Waals surface area contributed by atoms with Crippen molar-refractivity contribution in [3.8, 4) is 23.3 Å². The fraction of sp³-hybridized carbons (Fsp3) is 0.370. The maximum absolute atomic E-state index is 13.8. The Kier molecular flexibility index (Phi) is 7.15. The zero-order valence-electron chi connectivity index (χ0n) is 20.6. The van der Waals surface area contributed by atoms with Crippen LogP contribution in [0.5, 0.6) is 17.2 Å². The van der Waals surface area contributed by atoms with Crippen LogP contribution in [-0.2, 0) is 4.74 Å². The minimum absolute atomic E-state index is 0.0966. The van der Waals surface area contributed by atoms with E-state index in [4.69, 9.17) is 19.9 Å². The highest BCUT2D eigenvalue weighted by molar-refractivity contribution is 5.88. The number of hydrogen-bond acceptors (Lipinski definition) is 7. The van der Waals surface area contributed by atoms with Crippen molar-refractivity contribution < 1.29 is 23.4 Å². The van der Waals surface area contributed by atoms with E-state index >= 15 is 0 Å². The van der Waals surface area contributed by atoms with Crippen molar-refractivity contribution in [2.75, 3.05) is 25.4 Å². The van der Waals surface area contributed by atoms with Crippen LogP contribution in [0.25, 0.3) is 10.9 Å². The summed E-state index contributed by atoms with van der Waals surface area (Å²) in [6.07, 6.45) is 2.82. The topological polar surface area (TPSA) is 111 Å². The second kappa shape index (κ2) is 10.3. The van der Waals surface area contributed by atoms with Crippen LogP contribution in [0, 0.1) is 23.1 Å². The van der Waals surface area contributed by atoms with Gasteiger partial charge in [0.05, 0.1) is 17.7 Å². The second-order valence-corrected chi connectivity index (χ2v) is 9.76. The van der Waals surface area contributed by atoms with Crippen molar-refractivity contribution in [3.05, 3.63) is 54.0 Å². The first-order valence-corrected chi connectivity index (χ1v) is 11.8. The minimum Gasteiger partial charge on any atom is -0.492 e. The van der Waals surface area contributed by atoms with Gasteiger partial charge in [-0.3, -0.25) is 4.98 Å². The first-order chi connectivity index (χ1) is 17.1. The molecule has 0 aliphatic carbocycles. The quantitative estimate of drug-likeness (QED) is 0.459. The van der Waals surface area contributed by atoms with E-state index in [0.717, 1.165) is 12.8 Å². The van der Waals surface area contributed by atoms with Crippen molar-refractivity contribution in [1.82, 2.24) is 9.88 Å². The summed E-state index contributed by atoms with van der Waals surface area (Å²) in [6.45, 7) is 7.15. The molecule has 2 N–H and O–H groups in total. The zero-order valence-corrected chi connectivity index (χ0v) is 20.6. The molecule has 1 aliphatic rings. The first-order valence-electron chi connectivity index (χ1n) is 11.8. The molecule has 1 fully saturated rings. The molecule has 1 aliphatic heterocycles. The summed E-state index contributed by atoms with van der Waals surface area (Å²) in [6, 6.07) is 11.5. The highest BCUT2D eigenvalue weighted by Gasteiger charge is 2.27. The third-order valence-corrected chi connectivity index (χ3v) is 5.90. The number of nitrogens with two attached hydrogens (primary N) is 1. The standard InChI is InChI=1S/C27H29FN4O4/c1-27(2,3)36-26(33)32-11-8-17(9-12-32)16-34-24-14-21-19(13-18(24)15-29)22(7-10-31-21)35-23-6-4-5-20(28)25(23)30/h4-7,10,13-14,17H,8-9,11-12,16,30H2,1-3H3. The lowest BCUT2D eigenvalue weighted by Gasteiger charge is -2.33. The van der Waals surface area contributed by atoms with Crippen LogP contribution in [-0.4, -0.2) is 41.3 Å². The van der Waals surface area contributed by atoms with Gasteiger partial charge in [0.2, 0.25) is 0 Å². The average molecular weight is 493 g/mol. The maximum atomic E-state index is 13.8. The van der Waals surface area contributed by atoms with Crippen molar-refractivity contribution in [2.24, 2.45) is 5.92 Å². The molecule has 0 unspecified atom stereocenters. The monoisotopic (exact) mass is 492 g/mol. The number of nitrogen functional groups attached to an aromatic ring is 1. The van der Waals surface area contributed by atoms with Crippen LogP contribution < -0.4 is 15.2 Å². The number of rotatable bonds is 5. The molecular formula is C27H29FN4O4. The summed E-state index contributed by atoms with van der Waals surface area (Å²) in [7, 11) is 0. The highest BCUT2D eigenvalue weighted by Crippen LogP contribution is 2.36. The largest absolute Gasteiger partial charge is 0.492 e. The molecule has 9 heteroatoms. The van der Waals surface area contributed by atoms with Crippen LogP contribution in [0.1, 0.15) is 39.2 Å². The Morgan fingerprint density at radius 1 is 1.19 bits per heavy atom. The lowest BCUT2D eigenvalue weighted by atomic mass is 9.98. The summed E-state index contributed by atoms with van der Waals surface area (Å²) in [5.41, 5.74) is 6.08. The number of benzene rings is 2. The number of ether oxygens (including phenoxy) is 3. The van der Waals surface area contributed by atoms with Gasteiger partial charge < -0.3 is 24.8 Å². The van der Waals surface area contributed by atoms with Gasteiger partial charge in [-0.1, -0.05) is 6.07 Å². The molecule has 1 saturated heterocycles. The van der Waals surface area contributed by atoms with E-state index in [1.807, 2.05) is 20.8 Å². The van der Waals surface area contributed by atoms with Crippen LogP contribution in [0.4, 0.5) is 14.9 Å². The molecule has 8 nitrogen and oxygen atoms in total. The first kappa shape index (κ1) is 25.0. The Hall–Kier alpha value is -4.06. The van der Waals surface area contributed by atoms with E-state index in [1.165, 1.54) is 12.1 Å². The van der Waals surface area contributed by atoms with Gasteiger partial charge >= 0.3 is 6.09 Å². The number of nitrogens with zero attached hydrogens (tertiary/aromatic N) is 3. The molecule has 36 heavy (non-hydrogen) atoms. The molecule has 3 aromatic rings. The predicted octanol–water partition coefficient (Wildman–Crippen LogP) is 5.65. The number of piperidine rings is 1. The number of likely N-dealkylation sites (tertiary alicyclic amines) is 1. The minimum atomic E-state index is -0.573. The highest BCUT2D eigenvalue weighted by atomic mass is 19.1. The maximum Gasteiger partial charge on any atom is 0.410 e. The average Bonchev–Trinajstić information content (AvgIpc) is 2.84. The smallest absolute Gasteiger partial charge is 0.410 e. The van der Waals surface area contributed by atoms with E-state index in [-0.39, 0.29) is 23.4 Å². The molecular weight excluding hydrogens is 463 g/mol. The molecule has 0 saturated carbocycles. The summed E-state index contributed by atoms with van der Waals surface area (Å²) in [4.78, 5) is 18.4. The number of anilines is 1. The van der Waals surface area contributed by atoms with Crippen LogP contribution in [0.2, 0.25) is 0 Å². The molecule has 2 heterocycles. The van der Waals surface area contributed by atoms with Gasteiger partial charge in [-0.2, -0.15) is 5.26 Å². The fourth-order valence-electron chi connectivity index (χ4n) is 3.99. The molecule has 2 aromatic carbocycles. The summed E-state index contributed by atoms with van der Waals surface area (Å²) in [5, 5.41) is 10.3. The summed E-state index contributed by atoms with van der Waals surface area (Å²) < 4.78 is 31.2. The molecule has 0 spiro atoms. The number of carbonyl (C=O) groups is 1. The van der Waals surface area contributed by atoms with Crippen molar-refractivity contribution in [2.45, 2.75) is 39.2 Å². The number of hydrogen-bond donors (Lipinski definition) is 1. The molecule has 0 radical (unpaired) electrons. The number of para-hydroxylation sites is 1. The van der Waals surface area contributed by atoms with Crippen LogP contribution >= 0.6 is 0 Å². The van der Waals surface area contributed by atoms with Gasteiger partial charge in [0, 0.05) is 30.7 Å². The van der Waals surface area contributed by atoms with Gasteiger partial charge in [-0.15, -0.1) is 0 Å². The number of aromatic nitrogens is 1. The molecule has 188 valence electrons. The van der Waals surface area contributed by atoms with Crippen molar-refractivity contribution in [1.29, 1.82) is 5.26 Å². The number of pyridine rings is 1.